The average molecular weight is 434 g/mol. The van der Waals surface area contributed by atoms with Crippen molar-refractivity contribution >= 4 is 34.8 Å². The molecule has 0 N–H and O–H groups in total. The summed E-state index contributed by atoms with van der Waals surface area (Å²) in [4.78, 5) is 33.1. The van der Waals surface area contributed by atoms with Gasteiger partial charge < -0.3 is 14.5 Å². The first-order valence-corrected chi connectivity index (χ1v) is 11.2. The number of amides is 2. The van der Waals surface area contributed by atoms with E-state index in [0.29, 0.717) is 36.0 Å². The van der Waals surface area contributed by atoms with Crippen LogP contribution >= 0.6 is 22.9 Å². The monoisotopic (exact) mass is 433 g/mol. The molecular formula is C21H24ClN3O3S. The lowest BCUT2D eigenvalue weighted by molar-refractivity contribution is -0.130. The minimum absolute atomic E-state index is 0.00753. The molecule has 29 heavy (non-hydrogen) atoms. The highest BCUT2D eigenvalue weighted by molar-refractivity contribution is 7.09. The molecule has 1 aromatic heterocycles. The second-order valence-corrected chi connectivity index (χ2v) is 8.85. The van der Waals surface area contributed by atoms with Crippen LogP contribution in [0, 0.1) is 0 Å². The zero-order valence-corrected chi connectivity index (χ0v) is 17.9. The Kier molecular flexibility index (Phi) is 6.06. The van der Waals surface area contributed by atoms with E-state index >= 15 is 0 Å². The van der Waals surface area contributed by atoms with Gasteiger partial charge in [-0.1, -0.05) is 11.6 Å². The fourth-order valence-corrected chi connectivity index (χ4v) is 5.02. The number of hydrogen-bond donors (Lipinski definition) is 0. The van der Waals surface area contributed by atoms with E-state index in [1.54, 1.807) is 42.7 Å². The fourth-order valence-electron chi connectivity index (χ4n) is 4.06. The van der Waals surface area contributed by atoms with E-state index in [-0.39, 0.29) is 24.0 Å². The quantitative estimate of drug-likeness (QED) is 0.726. The van der Waals surface area contributed by atoms with Gasteiger partial charge in [0.1, 0.15) is 16.9 Å². The molecule has 3 heterocycles. The van der Waals surface area contributed by atoms with Crippen molar-refractivity contribution in [2.75, 3.05) is 19.6 Å². The van der Waals surface area contributed by atoms with Crippen LogP contribution in [0.5, 0.6) is 5.75 Å². The molecule has 2 aliphatic heterocycles. The van der Waals surface area contributed by atoms with Crippen LogP contribution in [0.3, 0.4) is 0 Å². The lowest BCUT2D eigenvalue weighted by Crippen LogP contribution is -2.41. The Bertz CT molecular complexity index is 881. The highest BCUT2D eigenvalue weighted by Gasteiger charge is 2.34. The molecular weight excluding hydrogens is 410 g/mol. The first-order valence-electron chi connectivity index (χ1n) is 9.95. The van der Waals surface area contributed by atoms with E-state index in [1.165, 1.54) is 0 Å². The van der Waals surface area contributed by atoms with Crippen LogP contribution < -0.4 is 4.74 Å². The molecule has 2 saturated heterocycles. The Labute approximate surface area is 179 Å². The number of hydrogen-bond acceptors (Lipinski definition) is 5. The van der Waals surface area contributed by atoms with Gasteiger partial charge >= 0.3 is 0 Å². The maximum absolute atomic E-state index is 13.4. The highest BCUT2D eigenvalue weighted by Crippen LogP contribution is 2.36. The summed E-state index contributed by atoms with van der Waals surface area (Å²) in [5.41, 5.74) is 0.495. The minimum Gasteiger partial charge on any atom is -0.489 e. The van der Waals surface area contributed by atoms with E-state index in [2.05, 4.69) is 4.98 Å². The normalized spacial score (nSPS) is 20.1. The zero-order chi connectivity index (χ0) is 20.4. The molecule has 6 nitrogen and oxygen atoms in total. The maximum atomic E-state index is 13.4. The minimum atomic E-state index is -0.0682. The standard InChI is InChI=1S/C21H24ClN3O3S/c1-14(26)24-10-6-16(7-11-24)28-19-5-4-15(22)13-17(19)21(27)25-9-2-3-18(25)20-23-8-12-29-20/h4-5,8,12-13,16,18H,2-3,6-7,9-11H2,1H3/t18-/m1/s1. The lowest BCUT2D eigenvalue weighted by atomic mass is 10.1. The predicted molar refractivity (Wildman–Crippen MR) is 112 cm³/mol. The average Bonchev–Trinajstić information content (AvgIpc) is 3.40. The predicted octanol–water partition coefficient (Wildman–Crippen LogP) is 4.16. The Morgan fingerprint density at radius 2 is 2.00 bits per heavy atom. The number of ether oxygens (including phenoxy) is 1. The van der Waals surface area contributed by atoms with Gasteiger partial charge in [0.2, 0.25) is 5.91 Å². The SMILES string of the molecule is CC(=O)N1CCC(Oc2ccc(Cl)cc2C(=O)N2CCC[C@@H]2c2nccs2)CC1. The summed E-state index contributed by atoms with van der Waals surface area (Å²) >= 11 is 7.80. The third-order valence-corrected chi connectivity index (χ3v) is 6.71. The van der Waals surface area contributed by atoms with Crippen LogP contribution in [-0.2, 0) is 4.79 Å². The number of carbonyl (C=O) groups excluding carboxylic acids is 2. The number of nitrogens with zero attached hydrogens (tertiary/aromatic N) is 3. The van der Waals surface area contributed by atoms with Gasteiger partial charge in [0.15, 0.2) is 0 Å². The maximum Gasteiger partial charge on any atom is 0.258 e. The van der Waals surface area contributed by atoms with Gasteiger partial charge in [0.25, 0.3) is 5.91 Å². The van der Waals surface area contributed by atoms with Gasteiger partial charge in [-0.25, -0.2) is 4.98 Å². The first kappa shape index (κ1) is 20.2. The van der Waals surface area contributed by atoms with Gasteiger partial charge in [-0.15, -0.1) is 11.3 Å². The van der Waals surface area contributed by atoms with Crippen molar-refractivity contribution in [1.82, 2.24) is 14.8 Å². The molecule has 2 aliphatic rings. The molecule has 0 spiro atoms. The molecule has 0 unspecified atom stereocenters. The Balaban J connectivity index is 1.52. The molecule has 2 aromatic rings. The van der Waals surface area contributed by atoms with E-state index in [1.807, 2.05) is 15.2 Å². The molecule has 4 rings (SSSR count). The number of likely N-dealkylation sites (tertiary alicyclic amines) is 2. The van der Waals surface area contributed by atoms with Gasteiger partial charge in [-0.05, 0) is 31.0 Å². The van der Waals surface area contributed by atoms with Crippen molar-refractivity contribution in [2.45, 2.75) is 44.8 Å². The van der Waals surface area contributed by atoms with Crippen LogP contribution in [-0.4, -0.2) is 52.3 Å². The Morgan fingerprint density at radius 3 is 2.69 bits per heavy atom. The second kappa shape index (κ2) is 8.71. The smallest absolute Gasteiger partial charge is 0.258 e. The topological polar surface area (TPSA) is 62.7 Å². The Morgan fingerprint density at radius 1 is 1.21 bits per heavy atom. The van der Waals surface area contributed by atoms with E-state index in [4.69, 9.17) is 16.3 Å². The summed E-state index contributed by atoms with van der Waals surface area (Å²) in [7, 11) is 0. The van der Waals surface area contributed by atoms with Crippen LogP contribution in [0.1, 0.15) is 54.0 Å². The molecule has 0 saturated carbocycles. The van der Waals surface area contributed by atoms with Crippen molar-refractivity contribution in [1.29, 1.82) is 0 Å². The fraction of sp³-hybridized carbons (Fsp3) is 0.476. The van der Waals surface area contributed by atoms with Crippen molar-refractivity contribution in [3.63, 3.8) is 0 Å². The van der Waals surface area contributed by atoms with Crippen LogP contribution in [0.25, 0.3) is 0 Å². The second-order valence-electron chi connectivity index (χ2n) is 7.49. The summed E-state index contributed by atoms with van der Waals surface area (Å²) in [6.45, 7) is 3.64. The van der Waals surface area contributed by atoms with Crippen molar-refractivity contribution in [3.8, 4) is 5.75 Å². The molecule has 0 aliphatic carbocycles. The van der Waals surface area contributed by atoms with Crippen LogP contribution in [0.15, 0.2) is 29.8 Å². The Hall–Kier alpha value is -2.12. The number of piperidine rings is 1. The summed E-state index contributed by atoms with van der Waals surface area (Å²) in [6, 6.07) is 5.23. The number of halogens is 1. The summed E-state index contributed by atoms with van der Waals surface area (Å²) < 4.78 is 6.22. The van der Waals surface area contributed by atoms with Crippen molar-refractivity contribution in [3.05, 3.63) is 45.4 Å². The third kappa shape index (κ3) is 4.41. The van der Waals surface area contributed by atoms with Crippen molar-refractivity contribution in [2.24, 2.45) is 0 Å². The van der Waals surface area contributed by atoms with Crippen molar-refractivity contribution < 1.29 is 14.3 Å². The molecule has 1 aromatic carbocycles. The number of carbonyl (C=O) groups is 2. The molecule has 154 valence electrons. The lowest BCUT2D eigenvalue weighted by Gasteiger charge is -2.32. The third-order valence-electron chi connectivity index (χ3n) is 5.60. The number of thiazole rings is 1. The molecule has 2 fully saturated rings. The van der Waals surface area contributed by atoms with E-state index < -0.39 is 0 Å². The molecule has 2 amide bonds. The molecule has 1 atom stereocenters. The zero-order valence-electron chi connectivity index (χ0n) is 16.3. The number of rotatable bonds is 4. The first-order chi connectivity index (χ1) is 14.0. The summed E-state index contributed by atoms with van der Waals surface area (Å²) in [6.07, 6.45) is 5.13. The van der Waals surface area contributed by atoms with Crippen LogP contribution in [0.4, 0.5) is 0 Å². The molecule has 0 bridgehead atoms. The van der Waals surface area contributed by atoms with Gasteiger partial charge in [0.05, 0.1) is 11.6 Å². The highest BCUT2D eigenvalue weighted by atomic mass is 35.5. The van der Waals surface area contributed by atoms with Gasteiger partial charge in [-0.3, -0.25) is 9.59 Å². The van der Waals surface area contributed by atoms with Crippen LogP contribution in [0.2, 0.25) is 5.02 Å². The summed E-state index contributed by atoms with van der Waals surface area (Å²) in [5.74, 6) is 0.583. The largest absolute Gasteiger partial charge is 0.489 e. The summed E-state index contributed by atoms with van der Waals surface area (Å²) in [5, 5.41) is 3.42. The number of aromatic nitrogens is 1. The van der Waals surface area contributed by atoms with E-state index in [0.717, 1.165) is 30.7 Å². The van der Waals surface area contributed by atoms with Gasteiger partial charge in [-0.2, -0.15) is 0 Å². The van der Waals surface area contributed by atoms with Gasteiger partial charge in [0, 0.05) is 56.0 Å². The molecule has 8 heteroatoms. The molecule has 0 radical (unpaired) electrons. The number of benzene rings is 1. The van der Waals surface area contributed by atoms with E-state index in [9.17, 15) is 9.59 Å².